The van der Waals surface area contributed by atoms with Gasteiger partial charge in [0.1, 0.15) is 0 Å². The minimum Gasteiger partial charge on any atom is -0.314 e. The number of pyridine rings is 1. The third-order valence-corrected chi connectivity index (χ3v) is 4.81. The molecule has 22 heavy (non-hydrogen) atoms. The Morgan fingerprint density at radius 3 is 2.77 bits per heavy atom. The monoisotopic (exact) mass is 401 g/mol. The topological polar surface area (TPSA) is 28.2 Å². The zero-order valence-corrected chi connectivity index (χ0v) is 15.2. The summed E-state index contributed by atoms with van der Waals surface area (Å²) in [6.45, 7) is 3.93. The molecule has 0 radical (unpaired) electrons. The van der Waals surface area contributed by atoms with Crippen LogP contribution in [0.4, 0.5) is 0 Å². The van der Waals surface area contributed by atoms with Crippen molar-refractivity contribution in [2.75, 3.05) is 19.6 Å². The number of rotatable bonds is 3. The van der Waals surface area contributed by atoms with Crippen LogP contribution < -0.4 is 5.32 Å². The summed E-state index contributed by atoms with van der Waals surface area (Å²) in [6, 6.07) is 10.6. The Balaban J connectivity index is 0.00000176. The summed E-state index contributed by atoms with van der Waals surface area (Å²) in [6.07, 6.45) is 3.72. The molecule has 1 aromatic heterocycles. The Hall–Kier alpha value is -0.650. The molecule has 6 heteroatoms. The number of nitrogens with one attached hydrogen (secondary N) is 1. The van der Waals surface area contributed by atoms with Crippen molar-refractivity contribution in [3.05, 3.63) is 63.3 Å². The van der Waals surface area contributed by atoms with E-state index in [9.17, 15) is 0 Å². The van der Waals surface area contributed by atoms with E-state index in [1.807, 2.05) is 24.5 Å². The van der Waals surface area contributed by atoms with E-state index < -0.39 is 0 Å². The van der Waals surface area contributed by atoms with Gasteiger partial charge in [-0.05, 0) is 35.4 Å². The van der Waals surface area contributed by atoms with E-state index in [-0.39, 0.29) is 12.4 Å². The van der Waals surface area contributed by atoms with Crippen LogP contribution in [0, 0.1) is 0 Å². The minimum atomic E-state index is 0. The maximum absolute atomic E-state index is 6.02. The van der Waals surface area contributed by atoms with Gasteiger partial charge in [-0.15, -0.1) is 12.4 Å². The fraction of sp³-hybridized carbons (Fsp3) is 0.312. The van der Waals surface area contributed by atoms with Crippen molar-refractivity contribution in [1.82, 2.24) is 15.2 Å². The normalized spacial score (nSPS) is 18.7. The maximum Gasteiger partial charge on any atom is 0.0477 e. The Kier molecular flexibility index (Phi) is 6.66. The molecule has 118 valence electrons. The van der Waals surface area contributed by atoms with Crippen molar-refractivity contribution in [2.24, 2.45) is 0 Å². The number of halogens is 3. The fourth-order valence-electron chi connectivity index (χ4n) is 2.72. The molecule has 1 aliphatic rings. The Bertz CT molecular complexity index is 610. The smallest absolute Gasteiger partial charge is 0.0477 e. The molecule has 1 N–H and O–H groups in total. The third kappa shape index (κ3) is 4.21. The van der Waals surface area contributed by atoms with Gasteiger partial charge >= 0.3 is 0 Å². The van der Waals surface area contributed by atoms with Gasteiger partial charge in [0.25, 0.3) is 0 Å². The highest BCUT2D eigenvalue weighted by atomic mass is 79.9. The summed E-state index contributed by atoms with van der Waals surface area (Å²) in [5.74, 6) is 0. The van der Waals surface area contributed by atoms with Crippen LogP contribution in [0.3, 0.4) is 0 Å². The molecule has 1 saturated heterocycles. The van der Waals surface area contributed by atoms with Crippen LogP contribution in [0.15, 0.2) is 47.2 Å². The summed E-state index contributed by atoms with van der Waals surface area (Å²) in [5.41, 5.74) is 2.57. The number of hydrogen-bond acceptors (Lipinski definition) is 3. The highest BCUT2D eigenvalue weighted by molar-refractivity contribution is 9.10. The molecule has 2 aromatic rings. The van der Waals surface area contributed by atoms with E-state index in [2.05, 4.69) is 49.3 Å². The van der Waals surface area contributed by atoms with Gasteiger partial charge in [0.2, 0.25) is 0 Å². The lowest BCUT2D eigenvalue weighted by Crippen LogP contribution is -2.45. The van der Waals surface area contributed by atoms with Gasteiger partial charge in [-0.3, -0.25) is 9.88 Å². The second-order valence-electron chi connectivity index (χ2n) is 5.21. The van der Waals surface area contributed by atoms with Crippen molar-refractivity contribution < 1.29 is 0 Å². The van der Waals surface area contributed by atoms with Crippen LogP contribution in [0.2, 0.25) is 5.02 Å². The molecular formula is C16H18BrCl2N3. The standard InChI is InChI=1S/C16H17BrClN3.ClH/c17-15-9-14(18)2-1-13(15)11-21-8-7-20-10-16(21)12-3-5-19-6-4-12;/h1-6,9,16,20H,7-8,10-11H2;1H. The summed E-state index contributed by atoms with van der Waals surface area (Å²) in [4.78, 5) is 6.61. The molecule has 0 aliphatic carbocycles. The SMILES string of the molecule is Cl.Clc1ccc(CN2CCNCC2c2ccncc2)c(Br)c1. The molecule has 1 atom stereocenters. The highest BCUT2D eigenvalue weighted by Crippen LogP contribution is 2.27. The van der Waals surface area contributed by atoms with Crippen LogP contribution >= 0.6 is 39.9 Å². The molecule has 1 unspecified atom stereocenters. The van der Waals surface area contributed by atoms with Crippen LogP contribution in [0.25, 0.3) is 0 Å². The second-order valence-corrected chi connectivity index (χ2v) is 6.50. The molecule has 0 spiro atoms. The molecule has 3 nitrogen and oxygen atoms in total. The molecule has 2 heterocycles. The van der Waals surface area contributed by atoms with E-state index in [0.29, 0.717) is 6.04 Å². The molecule has 3 rings (SSSR count). The Labute approximate surface area is 150 Å². The van der Waals surface area contributed by atoms with Gasteiger partial charge in [0, 0.05) is 54.1 Å². The van der Waals surface area contributed by atoms with Gasteiger partial charge in [-0.25, -0.2) is 0 Å². The summed E-state index contributed by atoms with van der Waals surface area (Å²) in [5, 5.41) is 4.24. The molecule has 1 fully saturated rings. The van der Waals surface area contributed by atoms with Crippen LogP contribution in [-0.4, -0.2) is 29.5 Å². The first-order valence-corrected chi connectivity index (χ1v) is 8.20. The van der Waals surface area contributed by atoms with Crippen molar-refractivity contribution >= 4 is 39.9 Å². The van der Waals surface area contributed by atoms with Gasteiger partial charge in [0.05, 0.1) is 0 Å². The Morgan fingerprint density at radius 1 is 1.27 bits per heavy atom. The lowest BCUT2D eigenvalue weighted by molar-refractivity contribution is 0.153. The summed E-state index contributed by atoms with van der Waals surface area (Å²) >= 11 is 9.64. The molecule has 1 aliphatic heterocycles. The van der Waals surface area contributed by atoms with E-state index in [0.717, 1.165) is 35.7 Å². The zero-order valence-electron chi connectivity index (χ0n) is 12.0. The van der Waals surface area contributed by atoms with E-state index in [1.54, 1.807) is 0 Å². The predicted molar refractivity (Wildman–Crippen MR) is 96.7 cm³/mol. The van der Waals surface area contributed by atoms with Crippen LogP contribution in [0.5, 0.6) is 0 Å². The van der Waals surface area contributed by atoms with Crippen molar-refractivity contribution in [2.45, 2.75) is 12.6 Å². The minimum absolute atomic E-state index is 0. The number of hydrogen-bond donors (Lipinski definition) is 1. The van der Waals surface area contributed by atoms with Crippen molar-refractivity contribution in [3.63, 3.8) is 0 Å². The van der Waals surface area contributed by atoms with Crippen molar-refractivity contribution in [1.29, 1.82) is 0 Å². The van der Waals surface area contributed by atoms with Gasteiger partial charge in [-0.1, -0.05) is 33.6 Å². The van der Waals surface area contributed by atoms with Crippen LogP contribution in [0.1, 0.15) is 17.2 Å². The van der Waals surface area contributed by atoms with E-state index in [4.69, 9.17) is 11.6 Å². The quantitative estimate of drug-likeness (QED) is 0.838. The first-order chi connectivity index (χ1) is 10.2. The highest BCUT2D eigenvalue weighted by Gasteiger charge is 2.24. The number of aromatic nitrogens is 1. The number of benzene rings is 1. The molecule has 0 bridgehead atoms. The zero-order chi connectivity index (χ0) is 14.7. The van der Waals surface area contributed by atoms with Gasteiger partial charge < -0.3 is 5.32 Å². The first-order valence-electron chi connectivity index (χ1n) is 7.02. The van der Waals surface area contributed by atoms with Gasteiger partial charge in [0.15, 0.2) is 0 Å². The lowest BCUT2D eigenvalue weighted by atomic mass is 10.0. The molecule has 1 aromatic carbocycles. The largest absolute Gasteiger partial charge is 0.314 e. The average molecular weight is 403 g/mol. The molecular weight excluding hydrogens is 385 g/mol. The summed E-state index contributed by atoms with van der Waals surface area (Å²) in [7, 11) is 0. The second kappa shape index (κ2) is 8.27. The van der Waals surface area contributed by atoms with Gasteiger partial charge in [-0.2, -0.15) is 0 Å². The molecule has 0 amide bonds. The number of nitrogens with zero attached hydrogens (tertiary/aromatic N) is 2. The third-order valence-electron chi connectivity index (χ3n) is 3.83. The Morgan fingerprint density at radius 2 is 2.05 bits per heavy atom. The lowest BCUT2D eigenvalue weighted by Gasteiger charge is -2.36. The average Bonchev–Trinajstić information content (AvgIpc) is 2.51. The first kappa shape index (κ1) is 17.7. The number of piperazine rings is 1. The maximum atomic E-state index is 6.02. The van der Waals surface area contributed by atoms with E-state index in [1.165, 1.54) is 11.1 Å². The molecule has 0 saturated carbocycles. The van der Waals surface area contributed by atoms with E-state index >= 15 is 0 Å². The van der Waals surface area contributed by atoms with Crippen LogP contribution in [-0.2, 0) is 6.54 Å². The fourth-order valence-corrected chi connectivity index (χ4v) is 3.53. The van der Waals surface area contributed by atoms with Crippen molar-refractivity contribution in [3.8, 4) is 0 Å². The predicted octanol–water partition coefficient (Wildman–Crippen LogP) is 4.07. The summed E-state index contributed by atoms with van der Waals surface area (Å²) < 4.78 is 1.07.